The lowest BCUT2D eigenvalue weighted by molar-refractivity contribution is -0.233. The quantitative estimate of drug-likeness (QED) is 0.486. The third-order valence-corrected chi connectivity index (χ3v) is 2.54. The van der Waals surface area contributed by atoms with Gasteiger partial charge in [-0.3, -0.25) is 9.59 Å². The molecular weight excluding hydrogens is 199 g/mol. The van der Waals surface area contributed by atoms with Crippen molar-refractivity contribution >= 4 is 11.8 Å². The van der Waals surface area contributed by atoms with Crippen molar-refractivity contribution in [2.45, 2.75) is 33.0 Å². The number of likely N-dealkylation sites (tertiary alicyclic amines) is 1. The Hall–Kier alpha value is -1.07. The highest BCUT2D eigenvalue weighted by Gasteiger charge is 2.57. The van der Waals surface area contributed by atoms with Crippen molar-refractivity contribution in [2.24, 2.45) is 5.41 Å². The Kier molecular flexibility index (Phi) is 2.33. The number of nitrogens with zero attached hydrogens (tertiary/aromatic N) is 1. The van der Waals surface area contributed by atoms with Gasteiger partial charge >= 0.3 is 6.30 Å². The molecule has 1 saturated heterocycles. The number of carbonyl (C=O) groups excluding carboxylic acids is 2. The highest BCUT2D eigenvalue weighted by Crippen LogP contribution is 2.40. The zero-order chi connectivity index (χ0) is 11.1. The Morgan fingerprint density at radius 2 is 1.93 bits per heavy atom. The molecule has 1 aliphatic rings. The van der Waals surface area contributed by atoms with Gasteiger partial charge in [-0.2, -0.15) is 4.90 Å². The summed E-state index contributed by atoms with van der Waals surface area (Å²) in [5.74, 6) is -2.30. The number of amides is 2. The maximum Gasteiger partial charge on any atom is 0.493 e. The van der Waals surface area contributed by atoms with Gasteiger partial charge in [0.05, 0.1) is 5.41 Å². The van der Waals surface area contributed by atoms with Gasteiger partial charge in [0.1, 0.15) is 0 Å². The van der Waals surface area contributed by atoms with E-state index in [1.807, 2.05) is 0 Å². The van der Waals surface area contributed by atoms with Gasteiger partial charge < -0.3 is 0 Å². The molecule has 80 valence electrons. The molecule has 0 aromatic rings. The molecule has 1 unspecified atom stereocenters. The molecule has 1 fully saturated rings. The molecule has 2 amide bonds. The first-order valence-corrected chi connectivity index (χ1v) is 4.16. The van der Waals surface area contributed by atoms with Crippen LogP contribution >= 0.6 is 0 Å². The van der Waals surface area contributed by atoms with Gasteiger partial charge in [0.15, 0.2) is 0 Å². The van der Waals surface area contributed by atoms with Gasteiger partial charge in [-0.1, -0.05) is 13.8 Å². The average molecular weight is 209 g/mol. The van der Waals surface area contributed by atoms with Crippen LogP contribution in [-0.4, -0.2) is 23.0 Å². The Balaban J connectivity index is 3.04. The van der Waals surface area contributed by atoms with Crippen molar-refractivity contribution in [1.82, 2.24) is 4.90 Å². The van der Waals surface area contributed by atoms with E-state index in [-0.39, 0.29) is 12.8 Å². The van der Waals surface area contributed by atoms with E-state index in [0.717, 1.165) is 0 Å². The highest BCUT2D eigenvalue weighted by atomic mass is 19.4. The molecule has 1 atom stereocenters. The molecule has 0 spiro atoms. The van der Waals surface area contributed by atoms with Crippen molar-refractivity contribution in [3.05, 3.63) is 0 Å². The number of hydrogen-bond acceptors (Lipinski definition) is 2. The number of alkyl halides is 3. The molecule has 1 heterocycles. The second-order valence-corrected chi connectivity index (χ2v) is 3.59. The summed E-state index contributed by atoms with van der Waals surface area (Å²) in [6.07, 6.45) is -5.02. The fourth-order valence-corrected chi connectivity index (χ4v) is 1.40. The number of imide groups is 1. The zero-order valence-corrected chi connectivity index (χ0v) is 7.81. The minimum Gasteiger partial charge on any atom is -0.274 e. The summed E-state index contributed by atoms with van der Waals surface area (Å²) in [5.41, 5.74) is -1.19. The zero-order valence-electron chi connectivity index (χ0n) is 7.81. The minimum absolute atomic E-state index is 0.226. The molecule has 0 N–H and O–H groups in total. The number of hydrogen-bond donors (Lipinski definition) is 0. The van der Waals surface area contributed by atoms with Crippen LogP contribution in [0, 0.1) is 5.41 Å². The van der Waals surface area contributed by atoms with E-state index in [2.05, 4.69) is 0 Å². The van der Waals surface area contributed by atoms with Crippen molar-refractivity contribution in [2.75, 3.05) is 0 Å². The lowest BCUT2D eigenvalue weighted by atomic mass is 9.86. The molecule has 0 radical (unpaired) electrons. The lowest BCUT2D eigenvalue weighted by Crippen LogP contribution is -2.44. The normalized spacial score (nSPS) is 28.8. The van der Waals surface area contributed by atoms with E-state index in [0.29, 0.717) is 0 Å². The molecule has 0 bridgehead atoms. The van der Waals surface area contributed by atoms with Crippen molar-refractivity contribution < 1.29 is 22.8 Å². The maximum absolute atomic E-state index is 12.2. The fraction of sp³-hybridized carbons (Fsp3) is 0.750. The molecule has 1 aliphatic heterocycles. The summed E-state index contributed by atoms with van der Waals surface area (Å²) < 4.78 is 36.7. The van der Waals surface area contributed by atoms with E-state index < -0.39 is 28.4 Å². The monoisotopic (exact) mass is 209 g/mol. The van der Waals surface area contributed by atoms with Crippen LogP contribution in [0.5, 0.6) is 0 Å². The van der Waals surface area contributed by atoms with Crippen LogP contribution in [0.3, 0.4) is 0 Å². The first-order chi connectivity index (χ1) is 6.22. The predicted molar refractivity (Wildman–Crippen MR) is 40.9 cm³/mol. The van der Waals surface area contributed by atoms with Crippen LogP contribution in [0.1, 0.15) is 26.7 Å². The van der Waals surface area contributed by atoms with Gasteiger partial charge in [0, 0.05) is 6.42 Å². The Morgan fingerprint density at radius 1 is 1.43 bits per heavy atom. The molecule has 0 saturated carbocycles. The van der Waals surface area contributed by atoms with Gasteiger partial charge in [-0.05, 0) is 6.42 Å². The smallest absolute Gasteiger partial charge is 0.274 e. The van der Waals surface area contributed by atoms with E-state index >= 15 is 0 Å². The summed E-state index contributed by atoms with van der Waals surface area (Å²) in [4.78, 5) is 21.7. The standard InChI is InChI=1S/C8H10F3NO2/c1-3-7(2)4-5(13)12(6(7)14)8(9,10)11/h3-4H2,1-2H3. The lowest BCUT2D eigenvalue weighted by Gasteiger charge is -2.21. The van der Waals surface area contributed by atoms with Crippen molar-refractivity contribution in [1.29, 1.82) is 0 Å². The molecular formula is C8H10F3NO2. The van der Waals surface area contributed by atoms with E-state index in [9.17, 15) is 22.8 Å². The Labute approximate surface area is 78.9 Å². The number of carbonyl (C=O) groups is 2. The average Bonchev–Trinajstić information content (AvgIpc) is 2.22. The van der Waals surface area contributed by atoms with Gasteiger partial charge in [0.25, 0.3) is 0 Å². The van der Waals surface area contributed by atoms with E-state index in [4.69, 9.17) is 0 Å². The van der Waals surface area contributed by atoms with Crippen molar-refractivity contribution in [3.8, 4) is 0 Å². The third-order valence-electron chi connectivity index (χ3n) is 2.54. The molecule has 3 nitrogen and oxygen atoms in total. The number of halogens is 3. The largest absolute Gasteiger partial charge is 0.493 e. The second-order valence-electron chi connectivity index (χ2n) is 3.59. The predicted octanol–water partition coefficient (Wildman–Crippen LogP) is 1.68. The number of rotatable bonds is 1. The van der Waals surface area contributed by atoms with E-state index in [1.165, 1.54) is 6.92 Å². The molecule has 0 aromatic heterocycles. The summed E-state index contributed by atoms with van der Waals surface area (Å²) in [7, 11) is 0. The van der Waals surface area contributed by atoms with Gasteiger partial charge in [-0.25, -0.2) is 0 Å². The Morgan fingerprint density at radius 3 is 2.14 bits per heavy atom. The molecule has 6 heteroatoms. The summed E-state index contributed by atoms with van der Waals surface area (Å²) in [6, 6.07) is 0. The SMILES string of the molecule is CCC1(C)CC(=O)N(C(F)(F)F)C1=O. The van der Waals surface area contributed by atoms with Gasteiger partial charge in [-0.15, -0.1) is 13.2 Å². The third kappa shape index (κ3) is 1.49. The summed E-state index contributed by atoms with van der Waals surface area (Å²) >= 11 is 0. The first-order valence-electron chi connectivity index (χ1n) is 4.16. The van der Waals surface area contributed by atoms with Crippen LogP contribution in [0.4, 0.5) is 13.2 Å². The van der Waals surface area contributed by atoms with Crippen LogP contribution in [0.15, 0.2) is 0 Å². The Bertz CT molecular complexity index is 287. The molecule has 1 rings (SSSR count). The van der Waals surface area contributed by atoms with Crippen LogP contribution < -0.4 is 0 Å². The summed E-state index contributed by atoms with van der Waals surface area (Å²) in [5, 5.41) is 0. The molecule has 0 aromatic carbocycles. The minimum atomic E-state index is -4.89. The first kappa shape index (κ1) is 11.0. The van der Waals surface area contributed by atoms with E-state index in [1.54, 1.807) is 6.92 Å². The van der Waals surface area contributed by atoms with Crippen molar-refractivity contribution in [3.63, 3.8) is 0 Å². The second kappa shape index (κ2) is 2.96. The van der Waals surface area contributed by atoms with Crippen LogP contribution in [0.25, 0.3) is 0 Å². The van der Waals surface area contributed by atoms with Crippen LogP contribution in [-0.2, 0) is 9.59 Å². The molecule has 14 heavy (non-hydrogen) atoms. The topological polar surface area (TPSA) is 37.4 Å². The molecule has 0 aliphatic carbocycles. The summed E-state index contributed by atoms with van der Waals surface area (Å²) in [6.45, 7) is 2.96. The van der Waals surface area contributed by atoms with Crippen LogP contribution in [0.2, 0.25) is 0 Å². The fourth-order valence-electron chi connectivity index (χ4n) is 1.40. The highest BCUT2D eigenvalue weighted by molar-refractivity contribution is 6.05. The van der Waals surface area contributed by atoms with Gasteiger partial charge in [0.2, 0.25) is 11.8 Å². The maximum atomic E-state index is 12.2.